The van der Waals surface area contributed by atoms with Crippen molar-refractivity contribution in [2.75, 3.05) is 18.4 Å². The monoisotopic (exact) mass is 475 g/mol. The number of hydrogen-bond donors (Lipinski definition) is 2. The van der Waals surface area contributed by atoms with Gasteiger partial charge in [0.15, 0.2) is 5.69 Å². The van der Waals surface area contributed by atoms with Crippen LogP contribution in [0.2, 0.25) is 0 Å². The Kier molecular flexibility index (Phi) is 6.38. The van der Waals surface area contributed by atoms with Crippen LogP contribution in [0.3, 0.4) is 0 Å². The standard InChI is InChI=1S/C23H21F4N5O2/c24-18-11-15(6-7-17(18)22(34)31-8-1-2-9-31)29-21(33)19-12-20(23(25,26)27)30-32(19)16-5-3-4-14(10-16)13-28/h3-7,10-12H,1-2,8-9,13,28H2,(H,29,33). The Hall–Kier alpha value is -3.73. The molecule has 3 N–H and O–H groups in total. The first-order chi connectivity index (χ1) is 16.2. The molecule has 1 aromatic heterocycles. The molecule has 3 aromatic rings. The Balaban J connectivity index is 1.63. The summed E-state index contributed by atoms with van der Waals surface area (Å²) in [6.07, 6.45) is -3.08. The van der Waals surface area contributed by atoms with Crippen molar-refractivity contribution in [3.8, 4) is 5.69 Å². The van der Waals surface area contributed by atoms with Crippen LogP contribution in [0.4, 0.5) is 23.2 Å². The molecule has 11 heteroatoms. The highest BCUT2D eigenvalue weighted by atomic mass is 19.4. The minimum Gasteiger partial charge on any atom is -0.339 e. The molecule has 2 heterocycles. The number of alkyl halides is 3. The van der Waals surface area contributed by atoms with Gasteiger partial charge in [0.1, 0.15) is 11.5 Å². The van der Waals surface area contributed by atoms with E-state index in [9.17, 15) is 27.2 Å². The molecule has 7 nitrogen and oxygen atoms in total. The number of carbonyl (C=O) groups is 2. The molecule has 0 saturated carbocycles. The Morgan fingerprint density at radius 3 is 2.44 bits per heavy atom. The van der Waals surface area contributed by atoms with Crippen LogP contribution >= 0.6 is 0 Å². The SMILES string of the molecule is NCc1cccc(-n2nc(C(F)(F)F)cc2C(=O)Nc2ccc(C(=O)N3CCCC3)c(F)c2)c1. The molecule has 0 spiro atoms. The summed E-state index contributed by atoms with van der Waals surface area (Å²) in [5.74, 6) is -2.21. The fourth-order valence-corrected chi connectivity index (χ4v) is 3.75. The molecule has 178 valence electrons. The first-order valence-electron chi connectivity index (χ1n) is 10.5. The van der Waals surface area contributed by atoms with Crippen LogP contribution in [0.5, 0.6) is 0 Å². The molecular weight excluding hydrogens is 454 g/mol. The predicted molar refractivity (Wildman–Crippen MR) is 116 cm³/mol. The molecule has 34 heavy (non-hydrogen) atoms. The van der Waals surface area contributed by atoms with Gasteiger partial charge in [0, 0.05) is 31.4 Å². The molecule has 2 amide bonds. The summed E-state index contributed by atoms with van der Waals surface area (Å²) < 4.78 is 55.4. The Morgan fingerprint density at radius 2 is 1.79 bits per heavy atom. The minimum atomic E-state index is -4.78. The number of nitrogens with zero attached hydrogens (tertiary/aromatic N) is 3. The first-order valence-corrected chi connectivity index (χ1v) is 10.5. The molecule has 1 saturated heterocycles. The normalized spacial score (nSPS) is 13.9. The lowest BCUT2D eigenvalue weighted by Crippen LogP contribution is -2.28. The highest BCUT2D eigenvalue weighted by Crippen LogP contribution is 2.30. The lowest BCUT2D eigenvalue weighted by atomic mass is 10.1. The van der Waals surface area contributed by atoms with Gasteiger partial charge in [-0.1, -0.05) is 12.1 Å². The van der Waals surface area contributed by atoms with Crippen molar-refractivity contribution < 1.29 is 27.2 Å². The van der Waals surface area contributed by atoms with Crippen molar-refractivity contribution in [3.05, 3.63) is 76.9 Å². The van der Waals surface area contributed by atoms with E-state index in [1.54, 1.807) is 17.0 Å². The van der Waals surface area contributed by atoms with Gasteiger partial charge in [-0.15, -0.1) is 0 Å². The topological polar surface area (TPSA) is 93.2 Å². The van der Waals surface area contributed by atoms with Crippen molar-refractivity contribution in [2.45, 2.75) is 25.6 Å². The van der Waals surface area contributed by atoms with Gasteiger partial charge in [-0.05, 0) is 48.7 Å². The summed E-state index contributed by atoms with van der Waals surface area (Å²) in [4.78, 5) is 26.9. The average molecular weight is 475 g/mol. The van der Waals surface area contributed by atoms with Gasteiger partial charge in [-0.3, -0.25) is 9.59 Å². The minimum absolute atomic E-state index is 0.0162. The van der Waals surface area contributed by atoms with Gasteiger partial charge in [-0.2, -0.15) is 18.3 Å². The summed E-state index contributed by atoms with van der Waals surface area (Å²) >= 11 is 0. The number of carbonyl (C=O) groups excluding carboxylic acids is 2. The van der Waals surface area contributed by atoms with Crippen molar-refractivity contribution in [2.24, 2.45) is 5.73 Å². The number of halogens is 4. The number of amides is 2. The van der Waals surface area contributed by atoms with Crippen LogP contribution in [0.25, 0.3) is 5.69 Å². The van der Waals surface area contributed by atoms with Gasteiger partial charge in [0.2, 0.25) is 0 Å². The van der Waals surface area contributed by atoms with Crippen molar-refractivity contribution in [1.82, 2.24) is 14.7 Å². The third-order valence-electron chi connectivity index (χ3n) is 5.47. The van der Waals surface area contributed by atoms with E-state index in [4.69, 9.17) is 5.73 Å². The molecule has 1 aliphatic heterocycles. The molecule has 1 aliphatic rings. The Morgan fingerprint density at radius 1 is 1.06 bits per heavy atom. The summed E-state index contributed by atoms with van der Waals surface area (Å²) in [6.45, 7) is 1.24. The number of nitrogens with two attached hydrogens (primary N) is 1. The van der Waals surface area contributed by atoms with Crippen LogP contribution in [0, 0.1) is 5.82 Å². The van der Waals surface area contributed by atoms with E-state index in [0.717, 1.165) is 23.6 Å². The van der Waals surface area contributed by atoms with Crippen LogP contribution in [0.15, 0.2) is 48.5 Å². The van der Waals surface area contributed by atoms with E-state index < -0.39 is 35.2 Å². The number of anilines is 1. The molecule has 0 atom stereocenters. The molecule has 4 rings (SSSR count). The first kappa shape index (κ1) is 23.4. The van der Waals surface area contributed by atoms with E-state index in [1.165, 1.54) is 24.3 Å². The fraction of sp³-hybridized carbons (Fsp3) is 0.261. The van der Waals surface area contributed by atoms with Crippen molar-refractivity contribution in [1.29, 1.82) is 0 Å². The molecule has 1 fully saturated rings. The molecule has 0 aliphatic carbocycles. The van der Waals surface area contributed by atoms with E-state index in [1.807, 2.05) is 0 Å². The van der Waals surface area contributed by atoms with E-state index in [0.29, 0.717) is 24.7 Å². The number of rotatable bonds is 5. The summed E-state index contributed by atoms with van der Waals surface area (Å²) in [6, 6.07) is 10.4. The second-order valence-electron chi connectivity index (χ2n) is 7.85. The highest BCUT2D eigenvalue weighted by Gasteiger charge is 2.36. The third kappa shape index (κ3) is 4.79. The second-order valence-corrected chi connectivity index (χ2v) is 7.85. The summed E-state index contributed by atoms with van der Waals surface area (Å²) in [5.41, 5.74) is 4.64. The maximum Gasteiger partial charge on any atom is 0.435 e. The zero-order chi connectivity index (χ0) is 24.5. The molecular formula is C23H21F4N5O2. The van der Waals surface area contributed by atoms with Crippen molar-refractivity contribution in [3.63, 3.8) is 0 Å². The lowest BCUT2D eigenvalue weighted by molar-refractivity contribution is -0.141. The summed E-state index contributed by atoms with van der Waals surface area (Å²) in [5, 5.41) is 5.94. The Bertz CT molecular complexity index is 1230. The second kappa shape index (κ2) is 9.26. The zero-order valence-corrected chi connectivity index (χ0v) is 17.9. The number of aromatic nitrogens is 2. The van der Waals surface area contributed by atoms with E-state index in [2.05, 4.69) is 10.4 Å². The van der Waals surface area contributed by atoms with Crippen LogP contribution < -0.4 is 11.1 Å². The smallest absolute Gasteiger partial charge is 0.339 e. The average Bonchev–Trinajstić information content (AvgIpc) is 3.49. The summed E-state index contributed by atoms with van der Waals surface area (Å²) in [7, 11) is 0. The molecule has 0 unspecified atom stereocenters. The maximum absolute atomic E-state index is 14.6. The maximum atomic E-state index is 14.6. The highest BCUT2D eigenvalue weighted by molar-refractivity contribution is 6.04. The molecule has 0 bridgehead atoms. The lowest BCUT2D eigenvalue weighted by Gasteiger charge is -2.16. The van der Waals surface area contributed by atoms with E-state index in [-0.39, 0.29) is 23.5 Å². The van der Waals surface area contributed by atoms with Gasteiger partial charge < -0.3 is 16.0 Å². The number of benzene rings is 2. The quantitative estimate of drug-likeness (QED) is 0.546. The fourth-order valence-electron chi connectivity index (χ4n) is 3.75. The molecule has 0 radical (unpaired) electrons. The number of hydrogen-bond acceptors (Lipinski definition) is 4. The number of nitrogens with one attached hydrogen (secondary N) is 1. The zero-order valence-electron chi connectivity index (χ0n) is 17.9. The van der Waals surface area contributed by atoms with Crippen LogP contribution in [0.1, 0.15) is 44.9 Å². The third-order valence-corrected chi connectivity index (χ3v) is 5.47. The van der Waals surface area contributed by atoms with E-state index >= 15 is 0 Å². The van der Waals surface area contributed by atoms with Crippen LogP contribution in [-0.2, 0) is 12.7 Å². The van der Waals surface area contributed by atoms with Crippen molar-refractivity contribution >= 4 is 17.5 Å². The largest absolute Gasteiger partial charge is 0.435 e. The van der Waals surface area contributed by atoms with Gasteiger partial charge in [-0.25, -0.2) is 9.07 Å². The van der Waals surface area contributed by atoms with Crippen LogP contribution in [-0.4, -0.2) is 39.6 Å². The van der Waals surface area contributed by atoms with Gasteiger partial charge >= 0.3 is 6.18 Å². The number of likely N-dealkylation sites (tertiary alicyclic amines) is 1. The van der Waals surface area contributed by atoms with Gasteiger partial charge in [0.25, 0.3) is 11.8 Å². The Labute approximate surface area is 192 Å². The van der Waals surface area contributed by atoms with Gasteiger partial charge in [0.05, 0.1) is 11.3 Å². The molecule has 2 aromatic carbocycles. The predicted octanol–water partition coefficient (Wildman–Crippen LogP) is 3.98.